The fourth-order valence-electron chi connectivity index (χ4n) is 1.34. The summed E-state index contributed by atoms with van der Waals surface area (Å²) in [6.07, 6.45) is 0.735. The van der Waals surface area contributed by atoms with Crippen molar-refractivity contribution in [1.29, 1.82) is 0 Å². The highest BCUT2D eigenvalue weighted by Gasteiger charge is 2.15. The van der Waals surface area contributed by atoms with Crippen LogP contribution in [0.15, 0.2) is 0 Å². The predicted molar refractivity (Wildman–Crippen MR) is 61.8 cm³/mol. The lowest BCUT2D eigenvalue weighted by Gasteiger charge is -2.15. The van der Waals surface area contributed by atoms with Crippen molar-refractivity contribution in [2.75, 3.05) is 0 Å². The lowest BCUT2D eigenvalue weighted by Crippen LogP contribution is -2.38. The molecule has 0 aromatic rings. The number of nitrogens with one attached hydrogen (secondary N) is 1. The molecule has 0 saturated carbocycles. The van der Waals surface area contributed by atoms with E-state index in [2.05, 4.69) is 5.32 Å². The molecule has 15 heavy (non-hydrogen) atoms. The number of carbonyl (C=O) groups excluding carboxylic acids is 2. The molecule has 0 aliphatic heterocycles. The molecule has 0 aliphatic carbocycles. The molecule has 0 saturated heterocycles. The summed E-state index contributed by atoms with van der Waals surface area (Å²) in [6, 6.07) is 0.148. The zero-order valence-electron chi connectivity index (χ0n) is 10.5. The first-order valence-corrected chi connectivity index (χ1v) is 5.66. The van der Waals surface area contributed by atoms with Crippen molar-refractivity contribution in [3.8, 4) is 0 Å². The maximum atomic E-state index is 11.6. The molecule has 0 heterocycles. The van der Waals surface area contributed by atoms with Crippen LogP contribution in [-0.2, 0) is 9.59 Å². The minimum Gasteiger partial charge on any atom is -0.305 e. The van der Waals surface area contributed by atoms with Crippen LogP contribution in [0.1, 0.15) is 47.5 Å². The first-order valence-electron chi connectivity index (χ1n) is 5.66. The molecule has 0 rings (SSSR count). The van der Waals surface area contributed by atoms with Gasteiger partial charge in [0, 0.05) is 24.8 Å². The Morgan fingerprint density at radius 3 is 1.80 bits per heavy atom. The molecular weight excluding hydrogens is 190 g/mol. The van der Waals surface area contributed by atoms with E-state index in [1.165, 1.54) is 0 Å². The number of hydrogen-bond donors (Lipinski definition) is 1. The Kier molecular flexibility index (Phi) is 6.41. The van der Waals surface area contributed by atoms with E-state index in [4.69, 9.17) is 0 Å². The second-order valence-corrected chi connectivity index (χ2v) is 4.63. The van der Waals surface area contributed by atoms with Crippen LogP contribution in [0.5, 0.6) is 0 Å². The third-order valence-electron chi connectivity index (χ3n) is 2.33. The van der Waals surface area contributed by atoms with Crippen LogP contribution < -0.4 is 5.32 Å². The molecule has 0 spiro atoms. The average Bonchev–Trinajstić information content (AvgIpc) is 2.12. The summed E-state index contributed by atoms with van der Waals surface area (Å²) in [5, 5.41) is 3.13. The maximum Gasteiger partial charge on any atom is 0.149 e. The van der Waals surface area contributed by atoms with Gasteiger partial charge in [-0.25, -0.2) is 0 Å². The van der Waals surface area contributed by atoms with Gasteiger partial charge in [-0.05, 0) is 6.92 Å². The summed E-state index contributed by atoms with van der Waals surface area (Å²) in [4.78, 5) is 22.9. The number of carbonyl (C=O) groups is 2. The second kappa shape index (κ2) is 6.72. The van der Waals surface area contributed by atoms with Gasteiger partial charge in [0.25, 0.3) is 0 Å². The lowest BCUT2D eigenvalue weighted by atomic mass is 10.0. The highest BCUT2D eigenvalue weighted by Crippen LogP contribution is 2.04. The minimum absolute atomic E-state index is 0.0335. The Hall–Kier alpha value is -0.700. The Labute approximate surface area is 92.6 Å². The van der Waals surface area contributed by atoms with Crippen LogP contribution >= 0.6 is 0 Å². The molecule has 0 aromatic carbocycles. The van der Waals surface area contributed by atoms with Crippen molar-refractivity contribution in [3.63, 3.8) is 0 Å². The fourth-order valence-corrected chi connectivity index (χ4v) is 1.34. The molecule has 0 aliphatic rings. The van der Waals surface area contributed by atoms with Crippen LogP contribution in [0.4, 0.5) is 0 Å². The molecule has 0 fully saturated rings. The van der Waals surface area contributed by atoms with E-state index in [1.807, 2.05) is 34.6 Å². The first-order chi connectivity index (χ1) is 6.84. The Bertz CT molecular complexity index is 222. The molecule has 0 radical (unpaired) electrons. The summed E-state index contributed by atoms with van der Waals surface area (Å²) in [5.74, 6) is 0.323. The van der Waals surface area contributed by atoms with Crippen LogP contribution in [0.3, 0.4) is 0 Å². The average molecular weight is 213 g/mol. The van der Waals surface area contributed by atoms with Gasteiger partial charge in [-0.2, -0.15) is 0 Å². The number of hydrogen-bond acceptors (Lipinski definition) is 3. The van der Waals surface area contributed by atoms with E-state index in [1.54, 1.807) is 0 Å². The second-order valence-electron chi connectivity index (χ2n) is 4.63. The monoisotopic (exact) mass is 213 g/mol. The highest BCUT2D eigenvalue weighted by molar-refractivity contribution is 5.89. The van der Waals surface area contributed by atoms with Gasteiger partial charge in [0.15, 0.2) is 0 Å². The van der Waals surface area contributed by atoms with Crippen molar-refractivity contribution in [2.24, 2.45) is 5.92 Å². The normalized spacial score (nSPS) is 13.3. The van der Waals surface area contributed by atoms with E-state index in [0.29, 0.717) is 18.9 Å². The van der Waals surface area contributed by atoms with Crippen molar-refractivity contribution < 1.29 is 9.59 Å². The van der Waals surface area contributed by atoms with E-state index >= 15 is 0 Å². The van der Waals surface area contributed by atoms with E-state index in [0.717, 1.165) is 0 Å². The van der Waals surface area contributed by atoms with Gasteiger partial charge in [-0.1, -0.05) is 27.7 Å². The third kappa shape index (κ3) is 6.39. The topological polar surface area (TPSA) is 46.2 Å². The summed E-state index contributed by atoms with van der Waals surface area (Å²) >= 11 is 0. The van der Waals surface area contributed by atoms with E-state index in [-0.39, 0.29) is 23.5 Å². The SMILES string of the molecule is CC(C)NC(C)C(=O)CCC(=O)C(C)C. The Balaban J connectivity index is 3.88. The van der Waals surface area contributed by atoms with Gasteiger partial charge in [0.05, 0.1) is 6.04 Å². The fraction of sp³-hybridized carbons (Fsp3) is 0.833. The lowest BCUT2D eigenvalue weighted by molar-refractivity contribution is -0.126. The van der Waals surface area contributed by atoms with Gasteiger partial charge in [-0.15, -0.1) is 0 Å². The largest absolute Gasteiger partial charge is 0.305 e. The quantitative estimate of drug-likeness (QED) is 0.703. The standard InChI is InChI=1S/C12H23NO2/c1-8(2)11(14)6-7-12(15)10(5)13-9(3)4/h8-10,13H,6-7H2,1-5H3. The van der Waals surface area contributed by atoms with Gasteiger partial charge >= 0.3 is 0 Å². The summed E-state index contributed by atoms with van der Waals surface area (Å²) < 4.78 is 0. The smallest absolute Gasteiger partial charge is 0.149 e. The molecular formula is C12H23NO2. The van der Waals surface area contributed by atoms with E-state index in [9.17, 15) is 9.59 Å². The van der Waals surface area contributed by atoms with Crippen LogP contribution in [0, 0.1) is 5.92 Å². The zero-order chi connectivity index (χ0) is 12.0. The van der Waals surface area contributed by atoms with Gasteiger partial charge in [0.1, 0.15) is 11.6 Å². The van der Waals surface area contributed by atoms with Crippen molar-refractivity contribution in [1.82, 2.24) is 5.32 Å². The zero-order valence-corrected chi connectivity index (χ0v) is 10.5. The van der Waals surface area contributed by atoms with Crippen molar-refractivity contribution >= 4 is 11.6 Å². The molecule has 0 bridgehead atoms. The number of ketones is 2. The maximum absolute atomic E-state index is 11.6. The minimum atomic E-state index is -0.148. The molecule has 1 unspecified atom stereocenters. The van der Waals surface area contributed by atoms with Crippen molar-refractivity contribution in [3.05, 3.63) is 0 Å². The number of Topliss-reactive ketones (excluding diaryl/α,β-unsaturated/α-hetero) is 2. The predicted octanol–water partition coefficient (Wildman–Crippen LogP) is 1.95. The summed E-state index contributed by atoms with van der Waals surface area (Å²) in [6.45, 7) is 9.58. The van der Waals surface area contributed by atoms with Gasteiger partial charge in [-0.3, -0.25) is 9.59 Å². The first kappa shape index (κ1) is 14.3. The van der Waals surface area contributed by atoms with Crippen LogP contribution in [-0.4, -0.2) is 23.7 Å². The number of rotatable bonds is 7. The molecule has 3 heteroatoms. The van der Waals surface area contributed by atoms with Crippen LogP contribution in [0.25, 0.3) is 0 Å². The molecule has 88 valence electrons. The van der Waals surface area contributed by atoms with Gasteiger partial charge in [0.2, 0.25) is 0 Å². The van der Waals surface area contributed by atoms with Crippen LogP contribution in [0.2, 0.25) is 0 Å². The summed E-state index contributed by atoms with van der Waals surface area (Å²) in [5.41, 5.74) is 0. The molecule has 1 N–H and O–H groups in total. The molecule has 1 atom stereocenters. The van der Waals surface area contributed by atoms with Gasteiger partial charge < -0.3 is 5.32 Å². The Morgan fingerprint density at radius 1 is 0.933 bits per heavy atom. The third-order valence-corrected chi connectivity index (χ3v) is 2.33. The van der Waals surface area contributed by atoms with Crippen molar-refractivity contribution in [2.45, 2.75) is 59.5 Å². The highest BCUT2D eigenvalue weighted by atomic mass is 16.1. The molecule has 0 amide bonds. The molecule has 3 nitrogen and oxygen atoms in total. The Morgan fingerprint density at radius 2 is 1.40 bits per heavy atom. The molecule has 0 aromatic heterocycles. The summed E-state index contributed by atoms with van der Waals surface area (Å²) in [7, 11) is 0. The van der Waals surface area contributed by atoms with E-state index < -0.39 is 0 Å².